The molecule has 0 amide bonds. The quantitative estimate of drug-likeness (QED) is 0.860. The summed E-state index contributed by atoms with van der Waals surface area (Å²) in [6.45, 7) is 3.70. The third kappa shape index (κ3) is 4.17. The molecule has 2 fully saturated rings. The SMILES string of the molecule is FC(F)(F)Oc1ccc(-c2ccnc(N3CCC4(CC3)CNCN4)c2)cc1. The summed E-state index contributed by atoms with van der Waals surface area (Å²) in [5.74, 6) is 0.670. The molecule has 1 aromatic heterocycles. The lowest BCUT2D eigenvalue weighted by molar-refractivity contribution is -0.274. The Morgan fingerprint density at radius 3 is 2.41 bits per heavy atom. The van der Waals surface area contributed by atoms with Gasteiger partial charge in [0.1, 0.15) is 11.6 Å². The normalized spacial score (nSPS) is 19.4. The average Bonchev–Trinajstić information content (AvgIpc) is 3.10. The first-order chi connectivity index (χ1) is 12.9. The number of anilines is 1. The smallest absolute Gasteiger partial charge is 0.406 e. The highest BCUT2D eigenvalue weighted by atomic mass is 19.4. The Kier molecular flexibility index (Phi) is 4.69. The molecule has 1 spiro atoms. The van der Waals surface area contributed by atoms with Crippen molar-refractivity contribution in [3.05, 3.63) is 42.6 Å². The van der Waals surface area contributed by atoms with Crippen LogP contribution in [0.2, 0.25) is 0 Å². The summed E-state index contributed by atoms with van der Waals surface area (Å²) in [5, 5.41) is 6.91. The summed E-state index contributed by atoms with van der Waals surface area (Å²) in [4.78, 5) is 6.75. The first-order valence-electron chi connectivity index (χ1n) is 8.96. The van der Waals surface area contributed by atoms with Crippen LogP contribution in [0.5, 0.6) is 5.75 Å². The molecule has 8 heteroatoms. The Bertz CT molecular complexity index is 778. The summed E-state index contributed by atoms with van der Waals surface area (Å²) in [5.41, 5.74) is 1.94. The molecule has 27 heavy (non-hydrogen) atoms. The van der Waals surface area contributed by atoms with Gasteiger partial charge < -0.3 is 15.0 Å². The summed E-state index contributed by atoms with van der Waals surface area (Å²) in [6.07, 6.45) is -0.837. The largest absolute Gasteiger partial charge is 0.573 e. The van der Waals surface area contributed by atoms with E-state index in [0.29, 0.717) is 0 Å². The van der Waals surface area contributed by atoms with E-state index in [-0.39, 0.29) is 11.3 Å². The van der Waals surface area contributed by atoms with Gasteiger partial charge in [-0.2, -0.15) is 0 Å². The van der Waals surface area contributed by atoms with Crippen LogP contribution in [0.4, 0.5) is 19.0 Å². The minimum absolute atomic E-state index is 0.197. The lowest BCUT2D eigenvalue weighted by atomic mass is 9.88. The molecular formula is C19H21F3N4O. The van der Waals surface area contributed by atoms with Crippen molar-refractivity contribution in [2.24, 2.45) is 0 Å². The first-order valence-corrected chi connectivity index (χ1v) is 8.96. The molecule has 3 heterocycles. The number of nitrogens with one attached hydrogen (secondary N) is 2. The molecule has 2 aliphatic heterocycles. The van der Waals surface area contributed by atoms with Gasteiger partial charge in [0.25, 0.3) is 0 Å². The highest BCUT2D eigenvalue weighted by Gasteiger charge is 2.37. The predicted molar refractivity (Wildman–Crippen MR) is 96.5 cm³/mol. The van der Waals surface area contributed by atoms with Crippen LogP contribution in [0.25, 0.3) is 11.1 Å². The van der Waals surface area contributed by atoms with E-state index in [0.717, 1.165) is 56.1 Å². The summed E-state index contributed by atoms with van der Waals surface area (Å²) < 4.78 is 40.8. The standard InChI is InChI=1S/C19H21F3N4O/c20-19(21,22)27-16-3-1-14(2-4-16)15-5-8-24-17(11-15)26-9-6-18(7-10-26)12-23-13-25-18/h1-5,8,11,23,25H,6-7,9-10,12-13H2. The Hall–Kier alpha value is -2.32. The zero-order chi connectivity index (χ0) is 18.9. The second-order valence-electron chi connectivity index (χ2n) is 7.02. The molecule has 4 rings (SSSR count). The van der Waals surface area contributed by atoms with Crippen LogP contribution in [-0.4, -0.2) is 43.2 Å². The second-order valence-corrected chi connectivity index (χ2v) is 7.02. The molecule has 0 bridgehead atoms. The Balaban J connectivity index is 1.46. The van der Waals surface area contributed by atoms with Crippen molar-refractivity contribution in [3.8, 4) is 16.9 Å². The van der Waals surface area contributed by atoms with E-state index in [9.17, 15) is 13.2 Å². The van der Waals surface area contributed by atoms with Crippen molar-refractivity contribution in [3.63, 3.8) is 0 Å². The molecule has 2 saturated heterocycles. The summed E-state index contributed by atoms with van der Waals surface area (Å²) in [7, 11) is 0. The minimum Gasteiger partial charge on any atom is -0.406 e. The maximum Gasteiger partial charge on any atom is 0.573 e. The van der Waals surface area contributed by atoms with E-state index in [2.05, 4.69) is 25.3 Å². The Labute approximate surface area is 155 Å². The van der Waals surface area contributed by atoms with Gasteiger partial charge >= 0.3 is 6.36 Å². The number of rotatable bonds is 3. The molecular weight excluding hydrogens is 357 g/mol. The molecule has 0 saturated carbocycles. The average molecular weight is 378 g/mol. The molecule has 144 valence electrons. The molecule has 0 unspecified atom stereocenters. The van der Waals surface area contributed by atoms with E-state index in [1.807, 2.05) is 12.1 Å². The summed E-state index contributed by atoms with van der Waals surface area (Å²) in [6, 6.07) is 9.74. The van der Waals surface area contributed by atoms with Crippen molar-refractivity contribution in [1.82, 2.24) is 15.6 Å². The van der Waals surface area contributed by atoms with Crippen LogP contribution in [0, 0.1) is 0 Å². The first kappa shape index (κ1) is 18.1. The van der Waals surface area contributed by atoms with Crippen molar-refractivity contribution in [1.29, 1.82) is 0 Å². The van der Waals surface area contributed by atoms with Gasteiger partial charge in [-0.3, -0.25) is 5.32 Å². The van der Waals surface area contributed by atoms with Crippen LogP contribution in [0.3, 0.4) is 0 Å². The van der Waals surface area contributed by atoms with Crippen molar-refractivity contribution in [2.45, 2.75) is 24.7 Å². The fourth-order valence-electron chi connectivity index (χ4n) is 3.75. The number of piperidine rings is 1. The molecule has 2 aromatic rings. The maximum atomic E-state index is 12.3. The fraction of sp³-hybridized carbons (Fsp3) is 0.421. The highest BCUT2D eigenvalue weighted by molar-refractivity contribution is 5.67. The highest BCUT2D eigenvalue weighted by Crippen LogP contribution is 2.30. The molecule has 1 aromatic carbocycles. The number of benzene rings is 1. The lowest BCUT2D eigenvalue weighted by Crippen LogP contribution is -2.52. The minimum atomic E-state index is -4.68. The number of halogens is 3. The van der Waals surface area contributed by atoms with Crippen molar-refractivity contribution < 1.29 is 17.9 Å². The molecule has 5 nitrogen and oxygen atoms in total. The number of alkyl halides is 3. The van der Waals surface area contributed by atoms with Crippen LogP contribution >= 0.6 is 0 Å². The van der Waals surface area contributed by atoms with Gasteiger partial charge in [0, 0.05) is 38.0 Å². The van der Waals surface area contributed by atoms with Crippen LogP contribution in [0.15, 0.2) is 42.6 Å². The van der Waals surface area contributed by atoms with Crippen LogP contribution in [0.1, 0.15) is 12.8 Å². The van der Waals surface area contributed by atoms with Gasteiger partial charge in [-0.15, -0.1) is 13.2 Å². The predicted octanol–water partition coefficient (Wildman–Crippen LogP) is 3.14. The zero-order valence-electron chi connectivity index (χ0n) is 14.7. The Morgan fingerprint density at radius 2 is 1.78 bits per heavy atom. The van der Waals surface area contributed by atoms with E-state index >= 15 is 0 Å². The fourth-order valence-corrected chi connectivity index (χ4v) is 3.75. The topological polar surface area (TPSA) is 49.4 Å². The van der Waals surface area contributed by atoms with Gasteiger partial charge in [-0.05, 0) is 48.2 Å². The number of ether oxygens (including phenoxy) is 1. The number of hydrogen-bond donors (Lipinski definition) is 2. The third-order valence-corrected chi connectivity index (χ3v) is 5.26. The number of aromatic nitrogens is 1. The number of pyridine rings is 1. The van der Waals surface area contributed by atoms with E-state index in [1.54, 1.807) is 18.3 Å². The molecule has 2 aliphatic rings. The van der Waals surface area contributed by atoms with Gasteiger partial charge in [0.15, 0.2) is 0 Å². The zero-order valence-corrected chi connectivity index (χ0v) is 14.7. The summed E-state index contributed by atoms with van der Waals surface area (Å²) >= 11 is 0. The molecule has 2 N–H and O–H groups in total. The van der Waals surface area contributed by atoms with Crippen LogP contribution < -0.4 is 20.3 Å². The van der Waals surface area contributed by atoms with Gasteiger partial charge in [0.2, 0.25) is 0 Å². The second kappa shape index (κ2) is 7.01. The number of nitrogens with zero attached hydrogens (tertiary/aromatic N) is 2. The van der Waals surface area contributed by atoms with Gasteiger partial charge in [-0.1, -0.05) is 12.1 Å². The van der Waals surface area contributed by atoms with Crippen molar-refractivity contribution in [2.75, 3.05) is 31.2 Å². The van der Waals surface area contributed by atoms with E-state index in [1.165, 1.54) is 12.1 Å². The van der Waals surface area contributed by atoms with Gasteiger partial charge in [0.05, 0.1) is 0 Å². The third-order valence-electron chi connectivity index (χ3n) is 5.26. The number of hydrogen-bond acceptors (Lipinski definition) is 5. The molecule has 0 aliphatic carbocycles. The molecule has 0 atom stereocenters. The van der Waals surface area contributed by atoms with Crippen LogP contribution in [-0.2, 0) is 0 Å². The monoisotopic (exact) mass is 378 g/mol. The van der Waals surface area contributed by atoms with Crippen molar-refractivity contribution >= 4 is 5.82 Å². The van der Waals surface area contributed by atoms with Gasteiger partial charge in [-0.25, -0.2) is 4.98 Å². The van der Waals surface area contributed by atoms with E-state index < -0.39 is 6.36 Å². The molecule has 0 radical (unpaired) electrons. The maximum absolute atomic E-state index is 12.3. The Morgan fingerprint density at radius 1 is 1.04 bits per heavy atom. The lowest BCUT2D eigenvalue weighted by Gasteiger charge is -2.39. The van der Waals surface area contributed by atoms with E-state index in [4.69, 9.17) is 0 Å².